The monoisotopic (exact) mass is 203 g/mol. The molecule has 5 nitrogen and oxygen atoms in total. The van der Waals surface area contributed by atoms with Gasteiger partial charge in [0, 0.05) is 6.07 Å². The number of nitrogens with zero attached hydrogens (tertiary/aromatic N) is 4. The molecule has 0 atom stereocenters. The molecule has 1 N–H and O–H groups in total. The van der Waals surface area contributed by atoms with Crippen LogP contribution in [-0.2, 0) is 6.18 Å². The summed E-state index contributed by atoms with van der Waals surface area (Å²) in [5.41, 5.74) is -0.926. The lowest BCUT2D eigenvalue weighted by Crippen LogP contribution is -2.04. The molecule has 8 heteroatoms. The van der Waals surface area contributed by atoms with Gasteiger partial charge in [0.15, 0.2) is 5.82 Å². The average molecular weight is 203 g/mol. The van der Waals surface area contributed by atoms with Crippen LogP contribution in [-0.4, -0.2) is 25.2 Å². The molecule has 14 heavy (non-hydrogen) atoms. The Kier molecular flexibility index (Phi) is 1.76. The topological polar surface area (TPSA) is 59.4 Å². The molecule has 0 bridgehead atoms. The molecule has 2 aromatic rings. The first-order chi connectivity index (χ1) is 6.57. The maximum atomic E-state index is 12.1. The van der Waals surface area contributed by atoms with Crippen LogP contribution in [0.15, 0.2) is 18.5 Å². The lowest BCUT2D eigenvalue weighted by atomic mass is 10.4. The van der Waals surface area contributed by atoms with Crippen molar-refractivity contribution in [2.24, 2.45) is 0 Å². The van der Waals surface area contributed by atoms with Crippen molar-refractivity contribution in [1.82, 2.24) is 25.2 Å². The van der Waals surface area contributed by atoms with Gasteiger partial charge in [-0.2, -0.15) is 28.5 Å². The zero-order chi connectivity index (χ0) is 10.2. The Hall–Kier alpha value is -1.86. The van der Waals surface area contributed by atoms with Crippen LogP contribution in [0.2, 0.25) is 0 Å². The number of hydrogen-bond acceptors (Lipinski definition) is 3. The Balaban J connectivity index is 2.36. The molecule has 0 aromatic carbocycles. The average Bonchev–Trinajstić information content (AvgIpc) is 2.73. The Morgan fingerprint density at radius 1 is 1.21 bits per heavy atom. The van der Waals surface area contributed by atoms with Gasteiger partial charge in [0.1, 0.15) is 5.69 Å². The van der Waals surface area contributed by atoms with E-state index in [4.69, 9.17) is 0 Å². The van der Waals surface area contributed by atoms with E-state index < -0.39 is 11.9 Å². The van der Waals surface area contributed by atoms with Gasteiger partial charge in [-0.1, -0.05) is 0 Å². The molecule has 0 amide bonds. The van der Waals surface area contributed by atoms with Gasteiger partial charge in [0.05, 0.1) is 12.4 Å². The third-order valence-corrected chi connectivity index (χ3v) is 1.49. The third kappa shape index (κ3) is 1.45. The molecule has 2 rings (SSSR count). The summed E-state index contributed by atoms with van der Waals surface area (Å²) < 4.78 is 36.4. The van der Waals surface area contributed by atoms with Crippen LogP contribution < -0.4 is 0 Å². The Bertz CT molecular complexity index is 415. The van der Waals surface area contributed by atoms with Crippen molar-refractivity contribution >= 4 is 0 Å². The molecule has 0 aliphatic carbocycles. The first kappa shape index (κ1) is 8.73. The molecule has 2 aromatic heterocycles. The molecule has 0 spiro atoms. The van der Waals surface area contributed by atoms with Gasteiger partial charge in [-0.3, -0.25) is 5.10 Å². The van der Waals surface area contributed by atoms with E-state index in [-0.39, 0.29) is 5.82 Å². The molecule has 0 saturated heterocycles. The summed E-state index contributed by atoms with van der Waals surface area (Å²) in [6, 6.07) is 0.833. The summed E-state index contributed by atoms with van der Waals surface area (Å²) in [6.45, 7) is 0. The fourth-order valence-corrected chi connectivity index (χ4v) is 0.893. The summed E-state index contributed by atoms with van der Waals surface area (Å²) in [5.74, 6) is 0.00215. The zero-order valence-corrected chi connectivity index (χ0v) is 6.65. The van der Waals surface area contributed by atoms with Crippen molar-refractivity contribution in [3.05, 3.63) is 24.2 Å². The van der Waals surface area contributed by atoms with Crippen LogP contribution in [0.1, 0.15) is 5.69 Å². The number of rotatable bonds is 1. The van der Waals surface area contributed by atoms with Crippen LogP contribution in [0, 0.1) is 0 Å². The Morgan fingerprint density at radius 3 is 2.36 bits per heavy atom. The van der Waals surface area contributed by atoms with Crippen molar-refractivity contribution in [3.63, 3.8) is 0 Å². The maximum absolute atomic E-state index is 12.1. The Morgan fingerprint density at radius 2 is 1.86 bits per heavy atom. The van der Waals surface area contributed by atoms with Gasteiger partial charge >= 0.3 is 6.18 Å². The van der Waals surface area contributed by atoms with Crippen LogP contribution >= 0.6 is 0 Å². The molecule has 74 valence electrons. The van der Waals surface area contributed by atoms with Crippen molar-refractivity contribution < 1.29 is 13.2 Å². The van der Waals surface area contributed by atoms with Gasteiger partial charge in [0.25, 0.3) is 0 Å². The van der Waals surface area contributed by atoms with Crippen LogP contribution in [0.3, 0.4) is 0 Å². The molecule has 0 fully saturated rings. The normalized spacial score (nSPS) is 11.9. The number of hydrogen-bond donors (Lipinski definition) is 1. The fourth-order valence-electron chi connectivity index (χ4n) is 0.893. The molecule has 0 aliphatic rings. The van der Waals surface area contributed by atoms with Crippen molar-refractivity contribution in [2.75, 3.05) is 0 Å². The summed E-state index contributed by atoms with van der Waals surface area (Å²) in [7, 11) is 0. The van der Waals surface area contributed by atoms with Crippen LogP contribution in [0.5, 0.6) is 0 Å². The molecule has 0 saturated carbocycles. The van der Waals surface area contributed by atoms with Crippen molar-refractivity contribution in [1.29, 1.82) is 0 Å². The lowest BCUT2D eigenvalue weighted by molar-refractivity contribution is -0.141. The number of H-pyrrole nitrogens is 1. The highest BCUT2D eigenvalue weighted by atomic mass is 19.4. The van der Waals surface area contributed by atoms with Gasteiger partial charge < -0.3 is 0 Å². The molecule has 0 aliphatic heterocycles. The van der Waals surface area contributed by atoms with E-state index in [0.29, 0.717) is 0 Å². The van der Waals surface area contributed by atoms with Crippen LogP contribution in [0.25, 0.3) is 5.82 Å². The number of halogens is 3. The second-order valence-electron chi connectivity index (χ2n) is 2.46. The van der Waals surface area contributed by atoms with E-state index in [1.807, 2.05) is 5.10 Å². The quantitative estimate of drug-likeness (QED) is 0.752. The van der Waals surface area contributed by atoms with E-state index in [1.165, 1.54) is 12.4 Å². The molecular weight excluding hydrogens is 199 g/mol. The summed E-state index contributed by atoms with van der Waals surface area (Å²) in [5, 5.41) is 12.6. The minimum absolute atomic E-state index is 0.00215. The zero-order valence-electron chi connectivity index (χ0n) is 6.65. The SMILES string of the molecule is FC(F)(F)c1cc(-n2nccn2)n[nH]1. The van der Waals surface area contributed by atoms with Gasteiger partial charge in [-0.15, -0.1) is 4.80 Å². The number of alkyl halides is 3. The predicted octanol–water partition coefficient (Wildman–Crippen LogP) is 1.01. The molecule has 0 unspecified atom stereocenters. The lowest BCUT2D eigenvalue weighted by Gasteiger charge is -1.99. The molecule has 0 radical (unpaired) electrons. The summed E-state index contributed by atoms with van der Waals surface area (Å²) >= 11 is 0. The highest BCUT2D eigenvalue weighted by Gasteiger charge is 2.33. The van der Waals surface area contributed by atoms with E-state index in [1.54, 1.807) is 0 Å². The van der Waals surface area contributed by atoms with E-state index in [0.717, 1.165) is 10.9 Å². The van der Waals surface area contributed by atoms with E-state index in [9.17, 15) is 13.2 Å². The summed E-state index contributed by atoms with van der Waals surface area (Å²) in [6.07, 6.45) is -1.73. The number of aromatic nitrogens is 5. The minimum Gasteiger partial charge on any atom is -0.271 e. The largest absolute Gasteiger partial charge is 0.432 e. The van der Waals surface area contributed by atoms with Crippen molar-refractivity contribution in [3.8, 4) is 5.82 Å². The van der Waals surface area contributed by atoms with Gasteiger partial charge in [-0.25, -0.2) is 0 Å². The summed E-state index contributed by atoms with van der Waals surface area (Å²) in [4.78, 5) is 0.992. The first-order valence-electron chi connectivity index (χ1n) is 3.56. The van der Waals surface area contributed by atoms with E-state index >= 15 is 0 Å². The molecular formula is C6H4F3N5. The number of nitrogens with one attached hydrogen (secondary N) is 1. The smallest absolute Gasteiger partial charge is 0.271 e. The third-order valence-electron chi connectivity index (χ3n) is 1.49. The maximum Gasteiger partial charge on any atom is 0.432 e. The predicted molar refractivity (Wildman–Crippen MR) is 38.5 cm³/mol. The van der Waals surface area contributed by atoms with Gasteiger partial charge in [-0.05, 0) is 0 Å². The highest BCUT2D eigenvalue weighted by molar-refractivity contribution is 5.22. The molecule has 2 heterocycles. The van der Waals surface area contributed by atoms with Gasteiger partial charge in [0.2, 0.25) is 0 Å². The minimum atomic E-state index is -4.43. The standard InChI is InChI=1S/C6H4F3N5/c7-6(8,9)4-3-5(13-12-4)14-10-1-2-11-14/h1-3H,(H,12,13). The van der Waals surface area contributed by atoms with Crippen LogP contribution in [0.4, 0.5) is 13.2 Å². The highest BCUT2D eigenvalue weighted by Crippen LogP contribution is 2.27. The Labute approximate surface area is 75.5 Å². The first-order valence-corrected chi connectivity index (χ1v) is 3.56. The number of aromatic amines is 1. The second kappa shape index (κ2) is 2.82. The van der Waals surface area contributed by atoms with E-state index in [2.05, 4.69) is 15.3 Å². The van der Waals surface area contributed by atoms with Crippen molar-refractivity contribution in [2.45, 2.75) is 6.18 Å². The fraction of sp³-hybridized carbons (Fsp3) is 0.167. The second-order valence-corrected chi connectivity index (χ2v) is 2.46.